The molecule has 0 aromatic carbocycles. The molecule has 0 radical (unpaired) electrons. The Bertz CT molecular complexity index is 445. The summed E-state index contributed by atoms with van der Waals surface area (Å²) in [6.45, 7) is 2.18. The summed E-state index contributed by atoms with van der Waals surface area (Å²) in [6.07, 6.45) is 11.4. The Balaban J connectivity index is 1.45. The van der Waals surface area contributed by atoms with Crippen LogP contribution in [0.25, 0.3) is 0 Å². The van der Waals surface area contributed by atoms with E-state index in [1.165, 1.54) is 19.3 Å². The molecule has 1 amide bonds. The molecule has 1 aliphatic heterocycles. The fourth-order valence-electron chi connectivity index (χ4n) is 3.34. The maximum atomic E-state index is 12.2. The lowest BCUT2D eigenvalue weighted by Crippen LogP contribution is -2.39. The highest BCUT2D eigenvalue weighted by molar-refractivity contribution is 8.00. The highest BCUT2D eigenvalue weighted by Crippen LogP contribution is 2.30. The fraction of sp³-hybridized carbons (Fsp3) is 0.733. The third-order valence-electron chi connectivity index (χ3n) is 4.47. The number of nitrogens with one attached hydrogen (secondary N) is 2. The van der Waals surface area contributed by atoms with Crippen LogP contribution in [0.1, 0.15) is 38.1 Å². The molecule has 3 rings (SSSR count). The summed E-state index contributed by atoms with van der Waals surface area (Å²) in [7, 11) is 0. The fourth-order valence-corrected chi connectivity index (χ4v) is 4.37. The zero-order valence-electron chi connectivity index (χ0n) is 12.3. The van der Waals surface area contributed by atoms with Crippen LogP contribution in [-0.4, -0.2) is 45.6 Å². The molecule has 5 nitrogen and oxygen atoms in total. The van der Waals surface area contributed by atoms with Gasteiger partial charge in [0.1, 0.15) is 0 Å². The lowest BCUT2D eigenvalue weighted by molar-refractivity contribution is -0.119. The van der Waals surface area contributed by atoms with E-state index in [9.17, 15) is 4.79 Å². The summed E-state index contributed by atoms with van der Waals surface area (Å²) in [5.41, 5.74) is 0. The minimum Gasteiger partial charge on any atom is -0.351 e. The van der Waals surface area contributed by atoms with Crippen LogP contribution in [0.15, 0.2) is 18.7 Å². The van der Waals surface area contributed by atoms with Crippen molar-refractivity contribution in [2.45, 2.75) is 49.4 Å². The standard InChI is InChI=1S/C15H24N4OS/c20-15(10-21-12-4-6-16-7-5-12)18-13-2-1-3-14(13)19-9-8-17-11-19/h8-9,11-14,16H,1-7,10H2,(H,18,20). The molecule has 2 heterocycles. The highest BCUT2D eigenvalue weighted by Gasteiger charge is 2.29. The van der Waals surface area contributed by atoms with Crippen molar-refractivity contribution in [1.29, 1.82) is 0 Å². The Morgan fingerprint density at radius 3 is 2.95 bits per heavy atom. The van der Waals surface area contributed by atoms with E-state index in [0.717, 1.165) is 25.9 Å². The number of nitrogens with zero attached hydrogens (tertiary/aromatic N) is 2. The number of imidazole rings is 1. The van der Waals surface area contributed by atoms with E-state index in [2.05, 4.69) is 20.2 Å². The minimum absolute atomic E-state index is 0.190. The van der Waals surface area contributed by atoms with Gasteiger partial charge in [0.25, 0.3) is 0 Å². The summed E-state index contributed by atoms with van der Waals surface area (Å²) in [5.74, 6) is 0.785. The Labute approximate surface area is 130 Å². The number of amides is 1. The maximum absolute atomic E-state index is 12.2. The molecule has 2 fully saturated rings. The topological polar surface area (TPSA) is 59.0 Å². The zero-order chi connectivity index (χ0) is 14.5. The van der Waals surface area contributed by atoms with Crippen LogP contribution in [0.2, 0.25) is 0 Å². The summed E-state index contributed by atoms with van der Waals surface area (Å²) in [6, 6.07) is 0.639. The average Bonchev–Trinajstić information content (AvgIpc) is 3.17. The van der Waals surface area contributed by atoms with Gasteiger partial charge >= 0.3 is 0 Å². The largest absolute Gasteiger partial charge is 0.351 e. The number of carbonyl (C=O) groups excluding carboxylic acids is 1. The van der Waals surface area contributed by atoms with Gasteiger partial charge in [-0.3, -0.25) is 4.79 Å². The first kappa shape index (κ1) is 14.9. The third kappa shape index (κ3) is 4.01. The second kappa shape index (κ2) is 7.31. The number of piperidine rings is 1. The summed E-state index contributed by atoms with van der Waals surface area (Å²) in [4.78, 5) is 16.3. The van der Waals surface area contributed by atoms with E-state index >= 15 is 0 Å². The van der Waals surface area contributed by atoms with Gasteiger partial charge in [0, 0.05) is 23.7 Å². The number of hydrogen-bond acceptors (Lipinski definition) is 4. The Hall–Kier alpha value is -1.01. The molecule has 1 saturated carbocycles. The molecule has 6 heteroatoms. The van der Waals surface area contributed by atoms with Crippen molar-refractivity contribution in [1.82, 2.24) is 20.2 Å². The molecular weight excluding hydrogens is 284 g/mol. The predicted octanol–water partition coefficient (Wildman–Crippen LogP) is 1.58. The Morgan fingerprint density at radius 1 is 1.33 bits per heavy atom. The van der Waals surface area contributed by atoms with Crippen LogP contribution in [0.4, 0.5) is 0 Å². The van der Waals surface area contributed by atoms with Crippen molar-refractivity contribution >= 4 is 17.7 Å². The van der Waals surface area contributed by atoms with Gasteiger partial charge in [-0.25, -0.2) is 4.98 Å². The summed E-state index contributed by atoms with van der Waals surface area (Å²) in [5, 5.41) is 7.24. The predicted molar refractivity (Wildman–Crippen MR) is 85.4 cm³/mol. The average molecular weight is 308 g/mol. The van der Waals surface area contributed by atoms with E-state index in [-0.39, 0.29) is 11.9 Å². The summed E-state index contributed by atoms with van der Waals surface area (Å²) >= 11 is 1.82. The van der Waals surface area contributed by atoms with Gasteiger partial charge in [-0.2, -0.15) is 0 Å². The molecule has 116 valence electrons. The number of carbonyl (C=O) groups is 1. The van der Waals surface area contributed by atoms with Crippen molar-refractivity contribution < 1.29 is 4.79 Å². The highest BCUT2D eigenvalue weighted by atomic mass is 32.2. The summed E-state index contributed by atoms with van der Waals surface area (Å²) < 4.78 is 2.14. The monoisotopic (exact) mass is 308 g/mol. The molecule has 1 aromatic rings. The van der Waals surface area contributed by atoms with E-state index < -0.39 is 0 Å². The van der Waals surface area contributed by atoms with Gasteiger partial charge in [0.15, 0.2) is 0 Å². The van der Waals surface area contributed by atoms with Gasteiger partial charge in [0.2, 0.25) is 5.91 Å². The molecule has 0 bridgehead atoms. The Kier molecular flexibility index (Phi) is 5.19. The van der Waals surface area contributed by atoms with E-state index in [1.54, 1.807) is 0 Å². The number of hydrogen-bond donors (Lipinski definition) is 2. The number of thioether (sulfide) groups is 1. The van der Waals surface area contributed by atoms with Crippen molar-refractivity contribution in [3.63, 3.8) is 0 Å². The Morgan fingerprint density at radius 2 is 2.19 bits per heavy atom. The molecule has 0 spiro atoms. The minimum atomic E-state index is 0.190. The molecule has 1 aromatic heterocycles. The first-order valence-electron chi connectivity index (χ1n) is 7.92. The van der Waals surface area contributed by atoms with Gasteiger partial charge in [-0.1, -0.05) is 0 Å². The third-order valence-corrected chi connectivity index (χ3v) is 5.84. The van der Waals surface area contributed by atoms with Crippen LogP contribution in [0.5, 0.6) is 0 Å². The number of aromatic nitrogens is 2. The van der Waals surface area contributed by atoms with Crippen molar-refractivity contribution in [2.24, 2.45) is 0 Å². The van der Waals surface area contributed by atoms with Crippen LogP contribution in [0.3, 0.4) is 0 Å². The molecule has 21 heavy (non-hydrogen) atoms. The number of rotatable bonds is 5. The molecule has 2 unspecified atom stereocenters. The quantitative estimate of drug-likeness (QED) is 0.867. The van der Waals surface area contributed by atoms with Gasteiger partial charge in [0.05, 0.1) is 18.1 Å². The van der Waals surface area contributed by atoms with Gasteiger partial charge in [-0.15, -0.1) is 11.8 Å². The molecular formula is C15H24N4OS. The van der Waals surface area contributed by atoms with Crippen molar-refractivity contribution in [2.75, 3.05) is 18.8 Å². The van der Waals surface area contributed by atoms with Gasteiger partial charge in [-0.05, 0) is 45.2 Å². The second-order valence-electron chi connectivity index (χ2n) is 5.94. The van der Waals surface area contributed by atoms with Crippen LogP contribution < -0.4 is 10.6 Å². The molecule has 2 aliphatic rings. The smallest absolute Gasteiger partial charge is 0.230 e. The van der Waals surface area contributed by atoms with Crippen LogP contribution in [0, 0.1) is 0 Å². The first-order chi connectivity index (χ1) is 10.3. The normalized spacial score (nSPS) is 26.9. The van der Waals surface area contributed by atoms with E-state index in [1.807, 2.05) is 30.5 Å². The molecule has 2 atom stereocenters. The molecule has 1 aliphatic carbocycles. The van der Waals surface area contributed by atoms with Crippen LogP contribution in [-0.2, 0) is 4.79 Å². The first-order valence-corrected chi connectivity index (χ1v) is 8.97. The lowest BCUT2D eigenvalue weighted by Gasteiger charge is -2.24. The SMILES string of the molecule is O=C(CSC1CCNCC1)NC1CCCC1n1ccnc1. The van der Waals surface area contributed by atoms with E-state index in [0.29, 0.717) is 17.0 Å². The molecule has 2 N–H and O–H groups in total. The second-order valence-corrected chi connectivity index (χ2v) is 7.23. The zero-order valence-corrected chi connectivity index (χ0v) is 13.1. The molecule has 1 saturated heterocycles. The lowest BCUT2D eigenvalue weighted by atomic mass is 10.1. The maximum Gasteiger partial charge on any atom is 0.230 e. The van der Waals surface area contributed by atoms with Crippen molar-refractivity contribution in [3.05, 3.63) is 18.7 Å². The van der Waals surface area contributed by atoms with Crippen LogP contribution >= 0.6 is 11.8 Å². The van der Waals surface area contributed by atoms with E-state index in [4.69, 9.17) is 0 Å². The van der Waals surface area contributed by atoms with Gasteiger partial charge < -0.3 is 15.2 Å². The van der Waals surface area contributed by atoms with Crippen molar-refractivity contribution in [3.8, 4) is 0 Å².